The zero-order chi connectivity index (χ0) is 11.8. The van der Waals surface area contributed by atoms with E-state index in [2.05, 4.69) is 23.6 Å². The number of carbonyl (C=O) groups is 1. The maximum atomic E-state index is 12.2. The first-order chi connectivity index (χ1) is 8.25. The largest absolute Gasteiger partial charge is 0.385 e. The number of benzene rings is 1. The van der Waals surface area contributed by atoms with Crippen molar-refractivity contribution < 1.29 is 4.79 Å². The van der Waals surface area contributed by atoms with Gasteiger partial charge in [-0.3, -0.25) is 4.79 Å². The smallest absolute Gasteiger partial charge is 0.251 e. The molecule has 0 aromatic heterocycles. The van der Waals surface area contributed by atoms with Crippen LogP contribution >= 0.6 is 12.4 Å². The molecule has 0 radical (unpaired) electrons. The second-order valence-electron chi connectivity index (χ2n) is 5.15. The van der Waals surface area contributed by atoms with Gasteiger partial charge in [-0.2, -0.15) is 0 Å². The quantitative estimate of drug-likeness (QED) is 0.864. The third-order valence-corrected chi connectivity index (χ3v) is 3.77. The zero-order valence-corrected chi connectivity index (χ0v) is 11.3. The molecule has 0 saturated heterocycles. The van der Waals surface area contributed by atoms with Crippen LogP contribution in [0.2, 0.25) is 0 Å². The lowest BCUT2D eigenvalue weighted by atomic mass is 9.97. The molecule has 2 N–H and O–H groups in total. The van der Waals surface area contributed by atoms with E-state index in [1.807, 2.05) is 12.1 Å². The summed E-state index contributed by atoms with van der Waals surface area (Å²) in [6, 6.07) is 6.36. The molecule has 1 aromatic carbocycles. The Balaban J connectivity index is 0.00000120. The molecule has 3 rings (SSSR count). The highest BCUT2D eigenvalue weighted by Gasteiger charge is 2.34. The Hall–Kier alpha value is -1.22. The van der Waals surface area contributed by atoms with Crippen LogP contribution in [0.5, 0.6) is 0 Å². The van der Waals surface area contributed by atoms with Crippen molar-refractivity contribution in [1.29, 1.82) is 0 Å². The number of hydrogen-bond donors (Lipinski definition) is 2. The minimum absolute atomic E-state index is 0. The first-order valence-corrected chi connectivity index (χ1v) is 6.42. The summed E-state index contributed by atoms with van der Waals surface area (Å²) in [5.41, 5.74) is 3.17. The summed E-state index contributed by atoms with van der Waals surface area (Å²) in [7, 11) is 0. The lowest BCUT2D eigenvalue weighted by Crippen LogP contribution is -2.28. The van der Waals surface area contributed by atoms with Gasteiger partial charge in [-0.25, -0.2) is 0 Å². The number of rotatable bonds is 2. The molecule has 2 atom stereocenters. The normalized spacial score (nSPS) is 24.3. The summed E-state index contributed by atoms with van der Waals surface area (Å²) in [5, 5.41) is 6.46. The van der Waals surface area contributed by atoms with Gasteiger partial charge in [0.2, 0.25) is 0 Å². The highest BCUT2D eigenvalue weighted by molar-refractivity contribution is 5.97. The number of carbonyl (C=O) groups excluding carboxylic acids is 1. The van der Waals surface area contributed by atoms with Crippen LogP contribution in [0.3, 0.4) is 0 Å². The van der Waals surface area contributed by atoms with Crippen molar-refractivity contribution in [3.63, 3.8) is 0 Å². The molecule has 18 heavy (non-hydrogen) atoms. The molecule has 98 valence electrons. The van der Waals surface area contributed by atoms with Crippen LogP contribution in [0.1, 0.15) is 35.7 Å². The fraction of sp³-hybridized carbons (Fsp3) is 0.500. The second kappa shape index (κ2) is 5.19. The van der Waals surface area contributed by atoms with Crippen LogP contribution in [0, 0.1) is 5.92 Å². The molecule has 1 amide bonds. The molecule has 4 heteroatoms. The lowest BCUT2D eigenvalue weighted by Gasteiger charge is -2.20. The van der Waals surface area contributed by atoms with Gasteiger partial charge in [0.1, 0.15) is 0 Å². The van der Waals surface area contributed by atoms with Crippen LogP contribution < -0.4 is 10.6 Å². The lowest BCUT2D eigenvalue weighted by molar-refractivity contribution is 0.0948. The van der Waals surface area contributed by atoms with E-state index in [9.17, 15) is 4.79 Å². The highest BCUT2D eigenvalue weighted by atomic mass is 35.5. The van der Waals surface area contributed by atoms with Gasteiger partial charge in [0, 0.05) is 23.8 Å². The van der Waals surface area contributed by atoms with Crippen molar-refractivity contribution in [2.75, 3.05) is 11.9 Å². The van der Waals surface area contributed by atoms with Crippen LogP contribution in [-0.4, -0.2) is 18.5 Å². The number of amides is 1. The molecule has 0 bridgehead atoms. The Kier molecular flexibility index (Phi) is 3.81. The summed E-state index contributed by atoms with van der Waals surface area (Å²) >= 11 is 0. The molecular weight excluding hydrogens is 248 g/mol. The van der Waals surface area contributed by atoms with Crippen LogP contribution in [-0.2, 0) is 6.42 Å². The van der Waals surface area contributed by atoms with Gasteiger partial charge in [0.25, 0.3) is 5.91 Å². The minimum atomic E-state index is 0. The molecule has 1 fully saturated rings. The number of halogens is 1. The average molecular weight is 267 g/mol. The third-order valence-electron chi connectivity index (χ3n) is 3.77. The van der Waals surface area contributed by atoms with E-state index in [4.69, 9.17) is 0 Å². The minimum Gasteiger partial charge on any atom is -0.385 e. The maximum absolute atomic E-state index is 12.2. The van der Waals surface area contributed by atoms with Gasteiger partial charge in [-0.15, -0.1) is 12.4 Å². The van der Waals surface area contributed by atoms with Gasteiger partial charge in [0.15, 0.2) is 0 Å². The molecule has 2 unspecified atom stereocenters. The van der Waals surface area contributed by atoms with Crippen LogP contribution in [0.25, 0.3) is 0 Å². The summed E-state index contributed by atoms with van der Waals surface area (Å²) in [4.78, 5) is 12.2. The Morgan fingerprint density at radius 1 is 1.44 bits per heavy atom. The maximum Gasteiger partial charge on any atom is 0.251 e. The average Bonchev–Trinajstić information content (AvgIpc) is 3.04. The van der Waals surface area contributed by atoms with Crippen molar-refractivity contribution in [2.45, 2.75) is 32.2 Å². The molecule has 1 aromatic rings. The number of anilines is 1. The zero-order valence-electron chi connectivity index (χ0n) is 10.5. The molecule has 1 aliphatic carbocycles. The monoisotopic (exact) mass is 266 g/mol. The molecule has 2 aliphatic rings. The van der Waals surface area contributed by atoms with Crippen molar-refractivity contribution in [3.05, 3.63) is 29.3 Å². The van der Waals surface area contributed by atoms with Crippen LogP contribution in [0.4, 0.5) is 5.69 Å². The Labute approximate surface area is 114 Å². The number of nitrogens with one attached hydrogen (secondary N) is 2. The molecule has 1 saturated carbocycles. The van der Waals surface area contributed by atoms with E-state index < -0.39 is 0 Å². The number of hydrogen-bond acceptors (Lipinski definition) is 2. The molecule has 1 aliphatic heterocycles. The Morgan fingerprint density at radius 3 is 2.94 bits per heavy atom. The molecule has 0 spiro atoms. The molecular formula is C14H19ClN2O. The first-order valence-electron chi connectivity index (χ1n) is 6.42. The Morgan fingerprint density at radius 2 is 2.22 bits per heavy atom. The Bertz CT molecular complexity index is 461. The summed E-state index contributed by atoms with van der Waals surface area (Å²) in [5.74, 6) is 0.747. The van der Waals surface area contributed by atoms with Crippen molar-refractivity contribution >= 4 is 24.0 Å². The van der Waals surface area contributed by atoms with Crippen molar-refractivity contribution in [1.82, 2.24) is 5.32 Å². The van der Waals surface area contributed by atoms with Crippen LogP contribution in [0.15, 0.2) is 18.2 Å². The standard InChI is InChI=1S/C14H18N2O.ClH/c1-9-8-13(9)16-14(17)11-4-2-6-12-10(11)5-3-7-15-12;/h2,4,6,9,13,15H,3,5,7-8H2,1H3,(H,16,17);1H. The fourth-order valence-electron chi connectivity index (χ4n) is 2.49. The number of fused-ring (bicyclic) bond motifs is 1. The first kappa shape index (κ1) is 13.2. The van der Waals surface area contributed by atoms with Gasteiger partial charge in [-0.1, -0.05) is 13.0 Å². The summed E-state index contributed by atoms with van der Waals surface area (Å²) < 4.78 is 0. The molecule has 1 heterocycles. The van der Waals surface area contributed by atoms with Gasteiger partial charge in [-0.05, 0) is 42.9 Å². The van der Waals surface area contributed by atoms with E-state index in [0.717, 1.165) is 37.1 Å². The van der Waals surface area contributed by atoms with E-state index in [0.29, 0.717) is 12.0 Å². The SMILES string of the molecule is CC1CC1NC(=O)c1cccc2c1CCCN2.Cl. The van der Waals surface area contributed by atoms with E-state index in [1.54, 1.807) is 0 Å². The molecule has 3 nitrogen and oxygen atoms in total. The second-order valence-corrected chi connectivity index (χ2v) is 5.15. The predicted molar refractivity (Wildman–Crippen MR) is 75.5 cm³/mol. The highest BCUT2D eigenvalue weighted by Crippen LogP contribution is 2.30. The topological polar surface area (TPSA) is 41.1 Å². The summed E-state index contributed by atoms with van der Waals surface area (Å²) in [6.07, 6.45) is 3.24. The van der Waals surface area contributed by atoms with Gasteiger partial charge in [0.05, 0.1) is 0 Å². The van der Waals surface area contributed by atoms with Gasteiger partial charge >= 0.3 is 0 Å². The fourth-order valence-corrected chi connectivity index (χ4v) is 2.49. The van der Waals surface area contributed by atoms with Crippen molar-refractivity contribution in [2.24, 2.45) is 5.92 Å². The third kappa shape index (κ3) is 2.46. The predicted octanol–water partition coefficient (Wildman–Crippen LogP) is 2.60. The van der Waals surface area contributed by atoms with E-state index in [1.165, 1.54) is 5.56 Å². The summed E-state index contributed by atoms with van der Waals surface area (Å²) in [6.45, 7) is 3.19. The van der Waals surface area contributed by atoms with Gasteiger partial charge < -0.3 is 10.6 Å². The van der Waals surface area contributed by atoms with E-state index in [-0.39, 0.29) is 18.3 Å². The van der Waals surface area contributed by atoms with Crippen molar-refractivity contribution in [3.8, 4) is 0 Å². The van der Waals surface area contributed by atoms with E-state index >= 15 is 0 Å².